The topological polar surface area (TPSA) is 78.2 Å². The smallest absolute Gasteiger partial charge is 0.257 e. The summed E-state index contributed by atoms with van der Waals surface area (Å²) in [6.45, 7) is 11.2. The van der Waals surface area contributed by atoms with Crippen LogP contribution in [0.4, 0.5) is 0 Å². The number of aromatic nitrogens is 3. The first-order valence-corrected chi connectivity index (χ1v) is 10.7. The molecular weight excluding hydrogens is 396 g/mol. The van der Waals surface area contributed by atoms with Crippen molar-refractivity contribution < 1.29 is 19.0 Å². The Balaban J connectivity index is 1.76. The molecule has 0 bridgehead atoms. The molecule has 2 aromatic heterocycles. The quantitative estimate of drug-likeness (QED) is 0.604. The normalized spacial score (nSPS) is 14.1. The Labute approximate surface area is 181 Å². The third-order valence-corrected chi connectivity index (χ3v) is 5.42. The summed E-state index contributed by atoms with van der Waals surface area (Å²) in [6, 6.07) is 5.86. The Morgan fingerprint density at radius 1 is 1.10 bits per heavy atom. The van der Waals surface area contributed by atoms with E-state index in [-0.39, 0.29) is 5.91 Å². The maximum Gasteiger partial charge on any atom is 0.257 e. The second-order valence-corrected chi connectivity index (χ2v) is 7.39. The summed E-state index contributed by atoms with van der Waals surface area (Å²) in [5, 5.41) is 4.70. The van der Waals surface area contributed by atoms with E-state index in [9.17, 15) is 4.79 Å². The second kappa shape index (κ2) is 8.93. The predicted molar refractivity (Wildman–Crippen MR) is 117 cm³/mol. The van der Waals surface area contributed by atoms with Gasteiger partial charge in [-0.05, 0) is 45.4 Å². The van der Waals surface area contributed by atoms with Crippen LogP contribution in [0.25, 0.3) is 16.8 Å². The van der Waals surface area contributed by atoms with E-state index in [4.69, 9.17) is 19.3 Å². The molecule has 31 heavy (non-hydrogen) atoms. The summed E-state index contributed by atoms with van der Waals surface area (Å²) in [6.07, 6.45) is 1.66. The number of rotatable bonds is 6. The molecule has 1 aliphatic rings. The molecule has 8 nitrogen and oxygen atoms in total. The molecule has 0 aliphatic carbocycles. The summed E-state index contributed by atoms with van der Waals surface area (Å²) >= 11 is 0. The van der Waals surface area contributed by atoms with Crippen molar-refractivity contribution in [3.8, 4) is 22.6 Å². The lowest BCUT2D eigenvalue weighted by atomic mass is 10.1. The molecule has 0 unspecified atom stereocenters. The van der Waals surface area contributed by atoms with Crippen LogP contribution in [0.3, 0.4) is 0 Å². The van der Waals surface area contributed by atoms with Gasteiger partial charge < -0.3 is 19.1 Å². The van der Waals surface area contributed by atoms with Gasteiger partial charge in [-0.2, -0.15) is 5.10 Å². The molecule has 0 radical (unpaired) electrons. The van der Waals surface area contributed by atoms with Gasteiger partial charge in [-0.25, -0.2) is 9.50 Å². The maximum absolute atomic E-state index is 13.0. The number of hydrogen-bond acceptors (Lipinski definition) is 6. The number of hydrogen-bond donors (Lipinski definition) is 0. The minimum Gasteiger partial charge on any atom is -0.490 e. The Morgan fingerprint density at radius 2 is 1.81 bits per heavy atom. The molecule has 1 fully saturated rings. The first-order valence-electron chi connectivity index (χ1n) is 10.7. The average molecular weight is 425 g/mol. The third-order valence-electron chi connectivity index (χ3n) is 5.42. The monoisotopic (exact) mass is 424 g/mol. The number of amides is 1. The van der Waals surface area contributed by atoms with Crippen LogP contribution < -0.4 is 9.47 Å². The fourth-order valence-electron chi connectivity index (χ4n) is 3.89. The van der Waals surface area contributed by atoms with E-state index in [1.165, 1.54) is 0 Å². The van der Waals surface area contributed by atoms with Gasteiger partial charge in [0.15, 0.2) is 17.1 Å². The molecule has 164 valence electrons. The SMILES string of the molecule is CCOc1ccc(-c2c(C)nn3c(C)c(C(=O)N4CCOCC4)cnc23)cc1OCC. The minimum absolute atomic E-state index is 0.0374. The van der Waals surface area contributed by atoms with Gasteiger partial charge in [0.1, 0.15) is 0 Å². The molecule has 0 spiro atoms. The number of carbonyl (C=O) groups excluding carboxylic acids is 1. The van der Waals surface area contributed by atoms with Gasteiger partial charge in [-0.15, -0.1) is 0 Å². The molecule has 1 aromatic carbocycles. The summed E-state index contributed by atoms with van der Waals surface area (Å²) in [5.41, 5.74) is 4.73. The first kappa shape index (κ1) is 21.1. The molecule has 3 heterocycles. The van der Waals surface area contributed by atoms with E-state index in [0.717, 1.165) is 22.5 Å². The van der Waals surface area contributed by atoms with Crippen LogP contribution in [0.1, 0.15) is 35.6 Å². The number of aryl methyl sites for hydroxylation is 2. The van der Waals surface area contributed by atoms with Crippen LogP contribution in [-0.2, 0) is 4.74 Å². The first-order chi connectivity index (χ1) is 15.0. The lowest BCUT2D eigenvalue weighted by Crippen LogP contribution is -2.41. The third kappa shape index (κ3) is 3.95. The molecular formula is C23H28N4O4. The van der Waals surface area contributed by atoms with Gasteiger partial charge in [0, 0.05) is 24.8 Å². The zero-order valence-corrected chi connectivity index (χ0v) is 18.5. The Hall–Kier alpha value is -3.13. The van der Waals surface area contributed by atoms with Crippen molar-refractivity contribution in [1.29, 1.82) is 0 Å². The van der Waals surface area contributed by atoms with Crippen molar-refractivity contribution in [2.75, 3.05) is 39.5 Å². The molecule has 0 N–H and O–H groups in total. The van der Waals surface area contributed by atoms with E-state index in [2.05, 4.69) is 4.98 Å². The standard InChI is InChI=1S/C23H28N4O4/c1-5-30-19-8-7-17(13-20(19)31-6-2)21-15(3)25-27-16(4)18(14-24-22(21)27)23(28)26-9-11-29-12-10-26/h7-8,13-14H,5-6,9-12H2,1-4H3. The van der Waals surface area contributed by atoms with Crippen molar-refractivity contribution in [3.63, 3.8) is 0 Å². The van der Waals surface area contributed by atoms with Crippen LogP contribution in [0.2, 0.25) is 0 Å². The molecule has 4 rings (SSSR count). The molecule has 0 saturated carbocycles. The highest BCUT2D eigenvalue weighted by Crippen LogP contribution is 2.36. The molecule has 1 aliphatic heterocycles. The number of fused-ring (bicyclic) bond motifs is 1. The second-order valence-electron chi connectivity index (χ2n) is 7.39. The molecule has 3 aromatic rings. The van der Waals surface area contributed by atoms with Gasteiger partial charge in [0.25, 0.3) is 5.91 Å². The van der Waals surface area contributed by atoms with Gasteiger partial charge in [-0.3, -0.25) is 4.79 Å². The van der Waals surface area contributed by atoms with Crippen LogP contribution in [0.5, 0.6) is 11.5 Å². The summed E-state index contributed by atoms with van der Waals surface area (Å²) < 4.78 is 18.6. The number of ether oxygens (including phenoxy) is 3. The van der Waals surface area contributed by atoms with Crippen molar-refractivity contribution in [1.82, 2.24) is 19.5 Å². The number of morpholine rings is 1. The lowest BCUT2D eigenvalue weighted by Gasteiger charge is -2.27. The van der Waals surface area contributed by atoms with Crippen LogP contribution in [0, 0.1) is 13.8 Å². The maximum atomic E-state index is 13.0. The number of carbonyl (C=O) groups is 1. The highest BCUT2D eigenvalue weighted by Gasteiger charge is 2.24. The minimum atomic E-state index is -0.0374. The van der Waals surface area contributed by atoms with E-state index in [1.807, 2.05) is 45.9 Å². The summed E-state index contributed by atoms with van der Waals surface area (Å²) in [4.78, 5) is 19.4. The summed E-state index contributed by atoms with van der Waals surface area (Å²) in [7, 11) is 0. The fourth-order valence-corrected chi connectivity index (χ4v) is 3.89. The van der Waals surface area contributed by atoms with Crippen molar-refractivity contribution in [2.45, 2.75) is 27.7 Å². The Morgan fingerprint density at radius 3 is 2.52 bits per heavy atom. The lowest BCUT2D eigenvalue weighted by molar-refractivity contribution is 0.0301. The van der Waals surface area contributed by atoms with Gasteiger partial charge in [0.05, 0.1) is 43.4 Å². The number of benzene rings is 1. The van der Waals surface area contributed by atoms with Crippen LogP contribution >= 0.6 is 0 Å². The highest BCUT2D eigenvalue weighted by molar-refractivity contribution is 5.95. The predicted octanol–water partition coefficient (Wildman–Crippen LogP) is 3.28. The van der Waals surface area contributed by atoms with Gasteiger partial charge in [-0.1, -0.05) is 6.07 Å². The van der Waals surface area contributed by atoms with E-state index < -0.39 is 0 Å². The summed E-state index contributed by atoms with van der Waals surface area (Å²) in [5.74, 6) is 1.37. The fraction of sp³-hybridized carbons (Fsp3) is 0.435. The zero-order chi connectivity index (χ0) is 22.0. The Bertz CT molecular complexity index is 1100. The average Bonchev–Trinajstić information content (AvgIpc) is 3.12. The van der Waals surface area contributed by atoms with Crippen molar-refractivity contribution >= 4 is 11.6 Å². The largest absolute Gasteiger partial charge is 0.490 e. The van der Waals surface area contributed by atoms with Crippen LogP contribution in [-0.4, -0.2) is 64.9 Å². The van der Waals surface area contributed by atoms with Gasteiger partial charge >= 0.3 is 0 Å². The van der Waals surface area contributed by atoms with E-state index in [0.29, 0.717) is 62.2 Å². The molecule has 1 saturated heterocycles. The van der Waals surface area contributed by atoms with Crippen LogP contribution in [0.15, 0.2) is 24.4 Å². The Kier molecular flexibility index (Phi) is 6.08. The highest BCUT2D eigenvalue weighted by atomic mass is 16.5. The van der Waals surface area contributed by atoms with Gasteiger partial charge in [0.2, 0.25) is 0 Å². The van der Waals surface area contributed by atoms with E-state index >= 15 is 0 Å². The number of nitrogens with zero attached hydrogens (tertiary/aromatic N) is 4. The molecule has 8 heteroatoms. The van der Waals surface area contributed by atoms with Crippen molar-refractivity contribution in [2.24, 2.45) is 0 Å². The van der Waals surface area contributed by atoms with E-state index in [1.54, 1.807) is 15.6 Å². The van der Waals surface area contributed by atoms with Crippen molar-refractivity contribution in [3.05, 3.63) is 41.3 Å². The zero-order valence-electron chi connectivity index (χ0n) is 18.5. The molecule has 0 atom stereocenters. The molecule has 1 amide bonds.